The van der Waals surface area contributed by atoms with Crippen LogP contribution in [0.3, 0.4) is 0 Å². The summed E-state index contributed by atoms with van der Waals surface area (Å²) in [5.41, 5.74) is 0. The second kappa shape index (κ2) is 110. The Balaban J connectivity index is -0.00000000545. The molecular weight excluding hydrogens is 466 g/mol. The number of hydrogen-bond acceptors (Lipinski definition) is 14. The normalized spacial score (nSPS) is 3.69. The van der Waals surface area contributed by atoms with E-state index in [0.29, 0.717) is 0 Å². The van der Waals surface area contributed by atoms with Gasteiger partial charge in [-0.2, -0.15) is 0 Å². The van der Waals surface area contributed by atoms with Crippen molar-refractivity contribution in [2.75, 3.05) is 0 Å². The molecule has 0 fully saturated rings. The zero-order chi connectivity index (χ0) is 14.3. The van der Waals surface area contributed by atoms with E-state index in [1.807, 2.05) is 0 Å². The Morgan fingerprint density at radius 3 is 0.346 bits per heavy atom. The maximum Gasteiger partial charge on any atom is 3.00 e. The van der Waals surface area contributed by atoms with Crippen molar-refractivity contribution >= 4 is 0 Å². The van der Waals surface area contributed by atoms with Crippen LogP contribution in [0.15, 0.2) is 0 Å². The average Bonchev–Trinajstić information content (AvgIpc) is 1.76. The molecule has 26 heteroatoms. The Bertz CT molecular complexity index is 166. The van der Waals surface area contributed by atoms with Gasteiger partial charge in [-0.15, -0.1) is 0 Å². The SMILES string of the molecule is O=[N+]([O-])[O-].O=[N+]([O-])[O-].O=[N+]([O-])[O-].O=[N+]([O-])[O-].[OH-].[OH-].[OH3+].[OH3+].[OH3+].[OH3+].[OH3+].[OH3+].[Sc+3].[Sc+3]. The summed E-state index contributed by atoms with van der Waals surface area (Å²) >= 11 is 0. The molecule has 0 aliphatic carbocycles. The van der Waals surface area contributed by atoms with Gasteiger partial charge in [-0.3, -0.25) is 0 Å². The second-order valence-corrected chi connectivity index (χ2v) is 0.894. The van der Waals surface area contributed by atoms with Gasteiger partial charge in [-0.05, 0) is 0 Å². The molecule has 20 N–H and O–H groups in total. The van der Waals surface area contributed by atoms with Crippen LogP contribution in [-0.4, -0.2) is 31.3 Å². The quantitative estimate of drug-likeness (QED) is 0.174. The first kappa shape index (κ1) is 125. The van der Waals surface area contributed by atoms with Crippen LogP contribution in [0.5, 0.6) is 0 Å². The summed E-state index contributed by atoms with van der Waals surface area (Å²) in [5, 5.41) is 59.0. The third-order valence-corrected chi connectivity index (χ3v) is 0. The molecule has 0 aromatic carbocycles. The molecule has 26 heavy (non-hydrogen) atoms. The van der Waals surface area contributed by atoms with Gasteiger partial charge in [0.2, 0.25) is 0 Å². The van der Waals surface area contributed by atoms with Crippen molar-refractivity contribution in [1.29, 1.82) is 0 Å². The molecule has 0 radical (unpaired) electrons. The minimum absolute atomic E-state index is 0. The summed E-state index contributed by atoms with van der Waals surface area (Å²) < 4.78 is 0. The van der Waals surface area contributed by atoms with Crippen LogP contribution in [0.4, 0.5) is 0 Å². The molecule has 0 aliphatic heterocycles. The van der Waals surface area contributed by atoms with Crippen molar-refractivity contribution in [3.8, 4) is 0 Å². The molecule has 0 bridgehead atoms. The molecule has 0 heterocycles. The van der Waals surface area contributed by atoms with Crippen molar-refractivity contribution in [3.63, 3.8) is 0 Å². The topological polar surface area (TPSA) is 523 Å². The number of rotatable bonds is 0. The van der Waals surface area contributed by atoms with Crippen molar-refractivity contribution in [1.82, 2.24) is 0 Å². The van der Waals surface area contributed by atoms with Crippen LogP contribution in [-0.2, 0) is 84.5 Å². The van der Waals surface area contributed by atoms with Crippen LogP contribution >= 0.6 is 0 Å². The number of nitrogens with zero attached hydrogens (tertiary/aromatic N) is 4. The summed E-state index contributed by atoms with van der Waals surface area (Å²) in [7, 11) is 0. The van der Waals surface area contributed by atoms with Gasteiger partial charge >= 0.3 is 51.7 Å². The van der Waals surface area contributed by atoms with E-state index in [1.54, 1.807) is 0 Å². The number of hydrogen-bond donors (Lipinski definition) is 0. The Kier molecular flexibility index (Phi) is 528. The van der Waals surface area contributed by atoms with E-state index in [0.717, 1.165) is 0 Å². The van der Waals surface area contributed by atoms with Crippen molar-refractivity contribution in [2.45, 2.75) is 0 Å². The minimum Gasteiger partial charge on any atom is -0.870 e. The molecule has 0 saturated carbocycles. The van der Waals surface area contributed by atoms with E-state index in [2.05, 4.69) is 0 Å². The van der Waals surface area contributed by atoms with Crippen LogP contribution < -0.4 is 0 Å². The van der Waals surface area contributed by atoms with E-state index in [1.165, 1.54) is 0 Å². The van der Waals surface area contributed by atoms with E-state index in [4.69, 9.17) is 61.3 Å². The average molecular weight is 486 g/mol. The van der Waals surface area contributed by atoms with Gasteiger partial charge in [-0.1, -0.05) is 0 Å². The maximum atomic E-state index is 8.25. The van der Waals surface area contributed by atoms with E-state index < -0.39 is 20.3 Å². The molecule has 24 nitrogen and oxygen atoms in total. The molecule has 0 atom stereocenters. The first-order valence-electron chi connectivity index (χ1n) is 2.19. The molecule has 160 valence electrons. The van der Waals surface area contributed by atoms with E-state index in [-0.39, 0.29) is 95.5 Å². The fourth-order valence-electron chi connectivity index (χ4n) is 0. The first-order valence-corrected chi connectivity index (χ1v) is 2.19. The molecule has 0 spiro atoms. The third-order valence-electron chi connectivity index (χ3n) is 0. The van der Waals surface area contributed by atoms with Crippen molar-refractivity contribution in [3.05, 3.63) is 61.3 Å². The zero-order valence-corrected chi connectivity index (χ0v) is 15.8. The zero-order valence-electron chi connectivity index (χ0n) is 12.2. The molecule has 0 aromatic rings. The van der Waals surface area contributed by atoms with Gasteiger partial charge in [0.25, 0.3) is 0 Å². The molecule has 0 aromatic heterocycles. The molecule has 0 aliphatic rings. The van der Waals surface area contributed by atoms with Crippen LogP contribution in [0.25, 0.3) is 0 Å². The van der Waals surface area contributed by atoms with E-state index in [9.17, 15) is 0 Å². The predicted molar refractivity (Wildman–Crippen MR) is 74.5 cm³/mol. The summed E-state index contributed by atoms with van der Waals surface area (Å²) in [5.74, 6) is 0. The fraction of sp³-hybridized carbons (Fsp3) is 0. The largest absolute Gasteiger partial charge is 3.00 e. The van der Waals surface area contributed by atoms with Crippen LogP contribution in [0.2, 0.25) is 0 Å². The molecule has 0 amide bonds. The van der Waals surface area contributed by atoms with Crippen LogP contribution in [0.1, 0.15) is 0 Å². The summed E-state index contributed by atoms with van der Waals surface area (Å²) in [6.07, 6.45) is 0. The van der Waals surface area contributed by atoms with Gasteiger partial charge in [0.05, 0.1) is 20.3 Å². The Hall–Kier alpha value is -1.78. The standard InChI is InChI=1S/4NO3.8H2O.2Sc/c4*2-1(3)4;;;;;;;;;;/h;;;;8*1H2;;/q4*-1;;;;;;;;;2*+3/p+4. The molecule has 0 unspecified atom stereocenters. The summed E-state index contributed by atoms with van der Waals surface area (Å²) in [6, 6.07) is 0. The van der Waals surface area contributed by atoms with Crippen molar-refractivity contribution in [2.24, 2.45) is 0 Å². The minimum atomic E-state index is -1.75. The van der Waals surface area contributed by atoms with Gasteiger partial charge in [0.1, 0.15) is 0 Å². The van der Waals surface area contributed by atoms with Gasteiger partial charge in [0.15, 0.2) is 0 Å². The Morgan fingerprint density at radius 1 is 0.346 bits per heavy atom. The van der Waals surface area contributed by atoms with Gasteiger partial charge in [-0.25, -0.2) is 0 Å². The summed E-state index contributed by atoms with van der Waals surface area (Å²) in [6.45, 7) is 0. The van der Waals surface area contributed by atoms with Gasteiger partial charge < -0.3 is 105 Å². The molecule has 0 saturated heterocycles. The van der Waals surface area contributed by atoms with Crippen molar-refractivity contribution < 1.29 is 116 Å². The van der Waals surface area contributed by atoms with Gasteiger partial charge in [0, 0.05) is 0 Å². The fourth-order valence-corrected chi connectivity index (χ4v) is 0. The third kappa shape index (κ3) is 3160. The Labute approximate surface area is 177 Å². The monoisotopic (exact) mass is 486 g/mol. The van der Waals surface area contributed by atoms with Crippen LogP contribution in [0, 0.1) is 61.3 Å². The Morgan fingerprint density at radius 2 is 0.346 bits per heavy atom. The smallest absolute Gasteiger partial charge is 0.870 e. The summed E-state index contributed by atoms with van der Waals surface area (Å²) in [4.78, 5) is 33.0. The second-order valence-electron chi connectivity index (χ2n) is 0.894. The predicted octanol–water partition coefficient (Wildman–Crippen LogP) is -6.85. The molecular formula is H20N4O20Sc2+6. The maximum absolute atomic E-state index is 8.25. The first-order chi connectivity index (χ1) is 6.93. The molecule has 0 rings (SSSR count). The van der Waals surface area contributed by atoms with E-state index >= 15 is 0 Å².